The van der Waals surface area contributed by atoms with E-state index in [2.05, 4.69) is 12.2 Å². The summed E-state index contributed by atoms with van der Waals surface area (Å²) in [6, 6.07) is 5.41. The maximum absolute atomic E-state index is 12.4. The van der Waals surface area contributed by atoms with Crippen LogP contribution in [0, 0.1) is 5.92 Å². The number of amides is 3. The molecule has 7 heteroatoms. The van der Waals surface area contributed by atoms with Gasteiger partial charge in [-0.1, -0.05) is 31.9 Å². The van der Waals surface area contributed by atoms with E-state index < -0.39 is 30.4 Å². The van der Waals surface area contributed by atoms with Crippen molar-refractivity contribution in [3.8, 4) is 0 Å². The third kappa shape index (κ3) is 3.86. The number of hydrogen-bond acceptors (Lipinski definition) is 5. The van der Waals surface area contributed by atoms with E-state index in [0.717, 1.165) is 24.2 Å². The highest BCUT2D eigenvalue weighted by molar-refractivity contribution is 6.22. The molecule has 0 radical (unpaired) electrons. The quantitative estimate of drug-likeness (QED) is 0.630. The van der Waals surface area contributed by atoms with E-state index in [1.165, 1.54) is 13.3 Å². The van der Waals surface area contributed by atoms with E-state index in [9.17, 15) is 19.2 Å². The number of nitrogens with zero attached hydrogens (tertiary/aromatic N) is 1. The molecule has 1 saturated carbocycles. The van der Waals surface area contributed by atoms with E-state index in [1.54, 1.807) is 24.3 Å². The summed E-state index contributed by atoms with van der Waals surface area (Å²) >= 11 is 0. The molecule has 7 nitrogen and oxygen atoms in total. The molecule has 3 atom stereocenters. The summed E-state index contributed by atoms with van der Waals surface area (Å²) in [6.07, 6.45) is 4.24. The molecule has 0 aromatic heterocycles. The Balaban J connectivity index is 1.55. The molecule has 0 saturated heterocycles. The Hall–Kier alpha value is -2.70. The number of carbonyl (C=O) groups excluding carboxylic acids is 4. The van der Waals surface area contributed by atoms with Crippen molar-refractivity contribution in [1.29, 1.82) is 0 Å². The Bertz CT molecular complexity index is 740. The van der Waals surface area contributed by atoms with Crippen LogP contribution in [-0.2, 0) is 14.3 Å². The smallest absolute Gasteiger partial charge is 0.329 e. The maximum Gasteiger partial charge on any atom is 0.329 e. The predicted molar refractivity (Wildman–Crippen MR) is 96.9 cm³/mol. The third-order valence-corrected chi connectivity index (χ3v) is 5.36. The second kappa shape index (κ2) is 7.90. The molecule has 1 aromatic carbocycles. The van der Waals surface area contributed by atoms with Gasteiger partial charge >= 0.3 is 5.97 Å². The zero-order valence-electron chi connectivity index (χ0n) is 15.6. The molecule has 2 aliphatic rings. The largest absolute Gasteiger partial charge is 0.454 e. The normalized spacial score (nSPS) is 23.0. The van der Waals surface area contributed by atoms with Crippen molar-refractivity contribution in [2.45, 2.75) is 51.6 Å². The summed E-state index contributed by atoms with van der Waals surface area (Å²) in [7, 11) is 0. The summed E-state index contributed by atoms with van der Waals surface area (Å²) in [6.45, 7) is 3.10. The molecule has 3 amide bonds. The van der Waals surface area contributed by atoms with Crippen LogP contribution < -0.4 is 5.32 Å². The zero-order valence-corrected chi connectivity index (χ0v) is 15.6. The highest BCUT2D eigenvalue weighted by atomic mass is 16.5. The van der Waals surface area contributed by atoms with Crippen molar-refractivity contribution in [1.82, 2.24) is 10.2 Å². The lowest BCUT2D eigenvalue weighted by atomic mass is 9.86. The van der Waals surface area contributed by atoms with Crippen LogP contribution in [0.1, 0.15) is 60.2 Å². The van der Waals surface area contributed by atoms with Gasteiger partial charge in [-0.2, -0.15) is 0 Å². The van der Waals surface area contributed by atoms with Crippen molar-refractivity contribution in [3.63, 3.8) is 0 Å². The first-order chi connectivity index (χ1) is 12.9. The van der Waals surface area contributed by atoms with Crippen LogP contribution in [0.3, 0.4) is 0 Å². The summed E-state index contributed by atoms with van der Waals surface area (Å²) < 4.78 is 5.05. The fourth-order valence-electron chi connectivity index (χ4n) is 3.70. The fraction of sp³-hybridized carbons (Fsp3) is 0.500. The molecule has 1 N–H and O–H groups in total. The Morgan fingerprint density at radius 1 is 1.15 bits per heavy atom. The minimum Gasteiger partial charge on any atom is -0.454 e. The van der Waals surface area contributed by atoms with Gasteiger partial charge in [-0.3, -0.25) is 19.3 Å². The molecular weight excluding hydrogens is 348 g/mol. The SMILES string of the molecule is C[C@H](C(=O)OCC(=O)N[C@@H]1CCCC[C@@H]1C)N1C(=O)c2ccccc2C1=O. The third-order valence-electron chi connectivity index (χ3n) is 5.36. The predicted octanol–water partition coefficient (Wildman–Crippen LogP) is 1.91. The van der Waals surface area contributed by atoms with Gasteiger partial charge in [-0.25, -0.2) is 4.79 Å². The second-order valence-electron chi connectivity index (χ2n) is 7.25. The zero-order chi connectivity index (χ0) is 19.6. The molecule has 1 fully saturated rings. The summed E-state index contributed by atoms with van der Waals surface area (Å²) in [4.78, 5) is 50.1. The number of hydrogen-bond donors (Lipinski definition) is 1. The molecule has 144 valence electrons. The van der Waals surface area contributed by atoms with Gasteiger partial charge < -0.3 is 10.1 Å². The first-order valence-electron chi connectivity index (χ1n) is 9.33. The number of ether oxygens (including phenoxy) is 1. The highest BCUT2D eigenvalue weighted by Crippen LogP contribution is 2.25. The van der Waals surface area contributed by atoms with Gasteiger partial charge in [-0.05, 0) is 37.8 Å². The van der Waals surface area contributed by atoms with Crippen molar-refractivity contribution >= 4 is 23.7 Å². The summed E-state index contributed by atoms with van der Waals surface area (Å²) in [5.74, 6) is -1.80. The van der Waals surface area contributed by atoms with Crippen LogP contribution in [0.5, 0.6) is 0 Å². The van der Waals surface area contributed by atoms with E-state index in [4.69, 9.17) is 4.74 Å². The van der Waals surface area contributed by atoms with Crippen molar-refractivity contribution in [2.24, 2.45) is 5.92 Å². The van der Waals surface area contributed by atoms with Gasteiger partial charge in [0.25, 0.3) is 17.7 Å². The van der Waals surface area contributed by atoms with Crippen molar-refractivity contribution < 1.29 is 23.9 Å². The van der Waals surface area contributed by atoms with Gasteiger partial charge in [0, 0.05) is 6.04 Å². The summed E-state index contributed by atoms with van der Waals surface area (Å²) in [5.41, 5.74) is 0.539. The topological polar surface area (TPSA) is 92.8 Å². The summed E-state index contributed by atoms with van der Waals surface area (Å²) in [5, 5.41) is 2.90. The molecular formula is C20H24N2O5. The molecule has 1 aromatic rings. The van der Waals surface area contributed by atoms with Gasteiger partial charge in [0.2, 0.25) is 0 Å². The van der Waals surface area contributed by atoms with Crippen LogP contribution in [0.25, 0.3) is 0 Å². The number of fused-ring (bicyclic) bond motifs is 1. The number of carbonyl (C=O) groups is 4. The van der Waals surface area contributed by atoms with Crippen LogP contribution in [0.2, 0.25) is 0 Å². The van der Waals surface area contributed by atoms with Gasteiger partial charge in [0.1, 0.15) is 6.04 Å². The molecule has 0 bridgehead atoms. The first kappa shape index (κ1) is 19.1. The van der Waals surface area contributed by atoms with Crippen LogP contribution in [0.4, 0.5) is 0 Å². The van der Waals surface area contributed by atoms with E-state index in [1.807, 2.05) is 0 Å². The standard InChI is InChI=1S/C20H24N2O5/c1-12-7-3-6-10-16(12)21-17(23)11-27-20(26)13(2)22-18(24)14-8-4-5-9-15(14)19(22)25/h4-5,8-9,12-13,16H,3,6-7,10-11H2,1-2H3,(H,21,23)/t12-,13+,16+/m0/s1. The monoisotopic (exact) mass is 372 g/mol. The Morgan fingerprint density at radius 3 is 2.33 bits per heavy atom. The molecule has 1 aliphatic carbocycles. The minimum absolute atomic E-state index is 0.0959. The van der Waals surface area contributed by atoms with Crippen molar-refractivity contribution in [2.75, 3.05) is 6.61 Å². The number of benzene rings is 1. The maximum atomic E-state index is 12.4. The van der Waals surface area contributed by atoms with E-state index in [-0.39, 0.29) is 23.1 Å². The van der Waals surface area contributed by atoms with Crippen molar-refractivity contribution in [3.05, 3.63) is 35.4 Å². The van der Waals surface area contributed by atoms with Crippen LogP contribution >= 0.6 is 0 Å². The molecule has 0 unspecified atom stereocenters. The lowest BCUT2D eigenvalue weighted by Crippen LogP contribution is -2.46. The highest BCUT2D eigenvalue weighted by Gasteiger charge is 2.41. The van der Waals surface area contributed by atoms with Gasteiger partial charge in [-0.15, -0.1) is 0 Å². The number of imide groups is 1. The van der Waals surface area contributed by atoms with E-state index in [0.29, 0.717) is 5.92 Å². The average molecular weight is 372 g/mol. The van der Waals surface area contributed by atoms with Gasteiger partial charge in [0.05, 0.1) is 11.1 Å². The molecule has 27 heavy (non-hydrogen) atoms. The van der Waals surface area contributed by atoms with E-state index >= 15 is 0 Å². The lowest BCUT2D eigenvalue weighted by Gasteiger charge is -2.29. The fourth-order valence-corrected chi connectivity index (χ4v) is 3.70. The number of esters is 1. The van der Waals surface area contributed by atoms with Crippen LogP contribution in [0.15, 0.2) is 24.3 Å². The Labute approximate surface area is 158 Å². The van der Waals surface area contributed by atoms with Gasteiger partial charge in [0.15, 0.2) is 6.61 Å². The molecule has 1 heterocycles. The number of nitrogens with one attached hydrogen (secondary N) is 1. The average Bonchev–Trinajstić information content (AvgIpc) is 2.92. The lowest BCUT2D eigenvalue weighted by molar-refractivity contribution is -0.152. The minimum atomic E-state index is -1.10. The Morgan fingerprint density at radius 2 is 1.74 bits per heavy atom. The second-order valence-corrected chi connectivity index (χ2v) is 7.25. The molecule has 1 aliphatic heterocycles. The van der Waals surface area contributed by atoms with Crippen LogP contribution in [-0.4, -0.2) is 47.3 Å². The Kier molecular flexibility index (Phi) is 5.58. The first-order valence-corrected chi connectivity index (χ1v) is 9.33. The number of rotatable bonds is 5. The molecule has 0 spiro atoms. The molecule has 3 rings (SSSR count).